The second-order valence-electron chi connectivity index (χ2n) is 5.40. The SMILES string of the molecule is O=[P+]1c2c(O)ccc(O)c2C2CCCCC1CC2. The van der Waals surface area contributed by atoms with Gasteiger partial charge in [0.2, 0.25) is 5.30 Å². The number of hydrogen-bond acceptors (Lipinski definition) is 3. The summed E-state index contributed by atoms with van der Waals surface area (Å²) in [7, 11) is -1.59. The molecule has 0 amide bonds. The molecular formula is C14H18O3P+. The maximum Gasteiger partial charge on any atom is 0.384 e. The van der Waals surface area contributed by atoms with Gasteiger partial charge < -0.3 is 10.2 Å². The normalized spacial score (nSPS) is 29.2. The van der Waals surface area contributed by atoms with Crippen LogP contribution in [0.4, 0.5) is 0 Å². The number of fused-ring (bicyclic) bond motifs is 5. The fourth-order valence-corrected chi connectivity index (χ4v) is 5.38. The van der Waals surface area contributed by atoms with E-state index in [0.717, 1.165) is 44.1 Å². The van der Waals surface area contributed by atoms with Gasteiger partial charge in [-0.15, -0.1) is 0 Å². The Hall–Kier alpha value is -1.08. The first-order valence-corrected chi connectivity index (χ1v) is 8.02. The molecule has 0 aromatic heterocycles. The molecule has 1 saturated carbocycles. The molecular weight excluding hydrogens is 247 g/mol. The molecule has 18 heavy (non-hydrogen) atoms. The average Bonchev–Trinajstić information content (AvgIpc) is 2.40. The second kappa shape index (κ2) is 4.55. The van der Waals surface area contributed by atoms with Gasteiger partial charge in [-0.3, -0.25) is 0 Å². The molecule has 1 aliphatic carbocycles. The van der Waals surface area contributed by atoms with Crippen LogP contribution in [-0.4, -0.2) is 15.9 Å². The molecule has 3 atom stereocenters. The Labute approximate surface area is 108 Å². The molecule has 1 fully saturated rings. The van der Waals surface area contributed by atoms with Crippen LogP contribution >= 0.6 is 7.80 Å². The van der Waals surface area contributed by atoms with Gasteiger partial charge in [-0.1, -0.05) is 11.0 Å². The Morgan fingerprint density at radius 2 is 1.72 bits per heavy atom. The number of rotatable bonds is 0. The molecule has 2 bridgehead atoms. The molecule has 0 spiro atoms. The van der Waals surface area contributed by atoms with Crippen LogP contribution in [0.2, 0.25) is 0 Å². The lowest BCUT2D eigenvalue weighted by Crippen LogP contribution is -2.10. The third-order valence-electron chi connectivity index (χ3n) is 4.32. The van der Waals surface area contributed by atoms with E-state index in [9.17, 15) is 14.8 Å². The standard InChI is InChI=1S/C14H17O3P/c15-11-7-8-12(16)14-13(11)9-3-1-2-4-10(6-5-9)18(14)17/h7-10H,1-6H2,(H-,15,16,17)/p+1. The monoisotopic (exact) mass is 265 g/mol. The van der Waals surface area contributed by atoms with Gasteiger partial charge in [-0.25, -0.2) is 0 Å². The summed E-state index contributed by atoms with van der Waals surface area (Å²) >= 11 is 0. The molecule has 0 saturated heterocycles. The number of hydrogen-bond donors (Lipinski definition) is 2. The van der Waals surface area contributed by atoms with Crippen molar-refractivity contribution in [3.05, 3.63) is 17.7 Å². The molecule has 1 aromatic rings. The largest absolute Gasteiger partial charge is 0.507 e. The zero-order chi connectivity index (χ0) is 12.7. The van der Waals surface area contributed by atoms with Gasteiger partial charge in [0.05, 0.1) is 5.56 Å². The lowest BCUT2D eigenvalue weighted by Gasteiger charge is -2.18. The van der Waals surface area contributed by atoms with Crippen LogP contribution < -0.4 is 5.30 Å². The van der Waals surface area contributed by atoms with Gasteiger partial charge in [-0.2, -0.15) is 0 Å². The first-order valence-electron chi connectivity index (χ1n) is 6.69. The predicted molar refractivity (Wildman–Crippen MR) is 71.2 cm³/mol. The molecule has 2 aliphatic rings. The van der Waals surface area contributed by atoms with Gasteiger partial charge >= 0.3 is 7.80 Å². The van der Waals surface area contributed by atoms with Crippen LogP contribution in [-0.2, 0) is 4.57 Å². The molecule has 1 heterocycles. The average molecular weight is 265 g/mol. The maximum atomic E-state index is 12.7. The summed E-state index contributed by atoms with van der Waals surface area (Å²) in [4.78, 5) is 0. The quantitative estimate of drug-likeness (QED) is 0.558. The van der Waals surface area contributed by atoms with Crippen molar-refractivity contribution in [2.75, 3.05) is 0 Å². The van der Waals surface area contributed by atoms with Gasteiger partial charge in [0, 0.05) is 0 Å². The molecule has 96 valence electrons. The Balaban J connectivity index is 2.23. The van der Waals surface area contributed by atoms with E-state index in [1.165, 1.54) is 12.1 Å². The van der Waals surface area contributed by atoms with E-state index in [2.05, 4.69) is 0 Å². The Morgan fingerprint density at radius 3 is 2.56 bits per heavy atom. The zero-order valence-electron chi connectivity index (χ0n) is 10.3. The highest BCUT2D eigenvalue weighted by molar-refractivity contribution is 7.54. The van der Waals surface area contributed by atoms with Crippen molar-refractivity contribution < 1.29 is 14.8 Å². The van der Waals surface area contributed by atoms with Crippen molar-refractivity contribution in [3.8, 4) is 11.5 Å². The Bertz CT molecular complexity index is 498. The summed E-state index contributed by atoms with van der Waals surface area (Å²) in [5.74, 6) is 0.567. The molecule has 1 aromatic carbocycles. The number of phenols is 2. The van der Waals surface area contributed by atoms with Gasteiger partial charge in [0.1, 0.15) is 5.75 Å². The van der Waals surface area contributed by atoms with Crippen molar-refractivity contribution in [2.45, 2.75) is 50.1 Å². The van der Waals surface area contributed by atoms with Crippen LogP contribution in [0, 0.1) is 0 Å². The van der Waals surface area contributed by atoms with E-state index in [-0.39, 0.29) is 23.1 Å². The first-order chi connectivity index (χ1) is 8.68. The summed E-state index contributed by atoms with van der Waals surface area (Å²) in [6, 6.07) is 3.00. The van der Waals surface area contributed by atoms with Crippen molar-refractivity contribution >= 4 is 13.1 Å². The third kappa shape index (κ3) is 1.81. The second-order valence-corrected chi connectivity index (χ2v) is 7.23. The Kier molecular flexibility index (Phi) is 3.03. The number of benzene rings is 1. The minimum atomic E-state index is -1.59. The molecule has 4 heteroatoms. The molecule has 3 nitrogen and oxygen atoms in total. The van der Waals surface area contributed by atoms with Crippen molar-refractivity contribution in [1.29, 1.82) is 0 Å². The van der Waals surface area contributed by atoms with Gasteiger partial charge in [0.15, 0.2) is 11.4 Å². The molecule has 0 radical (unpaired) electrons. The fraction of sp³-hybridized carbons (Fsp3) is 0.571. The highest BCUT2D eigenvalue weighted by atomic mass is 31.1. The molecule has 3 rings (SSSR count). The third-order valence-corrected chi connectivity index (χ3v) is 6.41. The number of phenolic OH excluding ortho intramolecular Hbond substituents is 2. The first kappa shape index (κ1) is 12.0. The molecule has 2 N–H and O–H groups in total. The van der Waals surface area contributed by atoms with Crippen molar-refractivity contribution in [3.63, 3.8) is 0 Å². The van der Waals surface area contributed by atoms with Crippen LogP contribution in [0.25, 0.3) is 0 Å². The zero-order valence-corrected chi connectivity index (χ0v) is 11.2. The van der Waals surface area contributed by atoms with Gasteiger partial charge in [0.25, 0.3) is 0 Å². The van der Waals surface area contributed by atoms with E-state index in [0.29, 0.717) is 5.30 Å². The summed E-state index contributed by atoms with van der Waals surface area (Å²) in [6.45, 7) is 0. The highest BCUT2D eigenvalue weighted by Crippen LogP contribution is 2.49. The van der Waals surface area contributed by atoms with Gasteiger partial charge in [-0.05, 0) is 50.2 Å². The van der Waals surface area contributed by atoms with Crippen LogP contribution in [0.15, 0.2) is 12.1 Å². The van der Waals surface area contributed by atoms with E-state index in [1.54, 1.807) is 0 Å². The van der Waals surface area contributed by atoms with E-state index in [4.69, 9.17) is 0 Å². The van der Waals surface area contributed by atoms with E-state index >= 15 is 0 Å². The minimum Gasteiger partial charge on any atom is -0.507 e. The van der Waals surface area contributed by atoms with Crippen LogP contribution in [0.3, 0.4) is 0 Å². The topological polar surface area (TPSA) is 57.5 Å². The van der Waals surface area contributed by atoms with E-state index in [1.807, 2.05) is 0 Å². The fourth-order valence-electron chi connectivity index (χ4n) is 3.38. The maximum absolute atomic E-state index is 12.7. The van der Waals surface area contributed by atoms with Crippen molar-refractivity contribution in [1.82, 2.24) is 0 Å². The summed E-state index contributed by atoms with van der Waals surface area (Å²) in [6.07, 6.45) is 6.18. The van der Waals surface area contributed by atoms with Crippen LogP contribution in [0.5, 0.6) is 11.5 Å². The van der Waals surface area contributed by atoms with Crippen molar-refractivity contribution in [2.24, 2.45) is 0 Å². The molecule has 1 aliphatic heterocycles. The predicted octanol–water partition coefficient (Wildman–Crippen LogP) is 3.37. The van der Waals surface area contributed by atoms with Crippen LogP contribution in [0.1, 0.15) is 50.0 Å². The number of aromatic hydroxyl groups is 2. The summed E-state index contributed by atoms with van der Waals surface area (Å²) in [5.41, 5.74) is 0.942. The van der Waals surface area contributed by atoms with E-state index < -0.39 is 7.80 Å². The highest BCUT2D eigenvalue weighted by Gasteiger charge is 2.44. The lowest BCUT2D eigenvalue weighted by molar-refractivity contribution is 0.427. The minimum absolute atomic E-state index is 0.0997. The summed E-state index contributed by atoms with van der Waals surface area (Å²) < 4.78 is 12.7. The summed E-state index contributed by atoms with van der Waals surface area (Å²) in [5, 5.41) is 20.7. The lowest BCUT2D eigenvalue weighted by atomic mass is 9.85. The Morgan fingerprint density at radius 1 is 1.00 bits per heavy atom. The smallest absolute Gasteiger partial charge is 0.384 e. The molecule has 3 unspecified atom stereocenters.